The van der Waals surface area contributed by atoms with Gasteiger partial charge in [0.2, 0.25) is 0 Å². The first-order valence-electron chi connectivity index (χ1n) is 12.6. The first-order chi connectivity index (χ1) is 14.2. The van der Waals surface area contributed by atoms with Gasteiger partial charge in [-0.15, -0.1) is 0 Å². The SMILES string of the molecule is CCCCC1CCc2c(ccc(C3CCC4CC(OCCC)CCC4C3)c2F)C1. The molecular formula is C27H41FO. The number of benzene rings is 1. The van der Waals surface area contributed by atoms with Crippen molar-refractivity contribution in [2.45, 2.75) is 109 Å². The minimum absolute atomic E-state index is 0.167. The second-order valence-electron chi connectivity index (χ2n) is 10.2. The minimum Gasteiger partial charge on any atom is -0.378 e. The van der Waals surface area contributed by atoms with Crippen molar-refractivity contribution in [3.8, 4) is 0 Å². The molecule has 1 aromatic carbocycles. The van der Waals surface area contributed by atoms with Gasteiger partial charge < -0.3 is 4.74 Å². The van der Waals surface area contributed by atoms with Crippen LogP contribution >= 0.6 is 0 Å². The van der Waals surface area contributed by atoms with E-state index < -0.39 is 0 Å². The van der Waals surface area contributed by atoms with Gasteiger partial charge in [-0.25, -0.2) is 4.39 Å². The van der Waals surface area contributed by atoms with Gasteiger partial charge in [-0.1, -0.05) is 45.2 Å². The van der Waals surface area contributed by atoms with Crippen molar-refractivity contribution in [2.24, 2.45) is 17.8 Å². The van der Waals surface area contributed by atoms with E-state index >= 15 is 4.39 Å². The molecule has 4 rings (SSSR count). The predicted octanol–water partition coefficient (Wildman–Crippen LogP) is 7.60. The quantitative estimate of drug-likeness (QED) is 0.458. The number of rotatable bonds is 7. The topological polar surface area (TPSA) is 9.23 Å². The van der Waals surface area contributed by atoms with Crippen molar-refractivity contribution in [3.63, 3.8) is 0 Å². The maximum absolute atomic E-state index is 15.5. The fourth-order valence-electron chi connectivity index (χ4n) is 6.52. The van der Waals surface area contributed by atoms with Gasteiger partial charge in [0.25, 0.3) is 0 Å². The van der Waals surface area contributed by atoms with E-state index in [0.717, 1.165) is 61.2 Å². The van der Waals surface area contributed by atoms with Crippen LogP contribution in [0.5, 0.6) is 0 Å². The van der Waals surface area contributed by atoms with Crippen LogP contribution in [0.4, 0.5) is 4.39 Å². The van der Waals surface area contributed by atoms with Crippen molar-refractivity contribution in [1.29, 1.82) is 0 Å². The smallest absolute Gasteiger partial charge is 0.130 e. The standard InChI is InChI=1S/C27H41FO/c1-3-5-6-19-7-13-25-22(16-19)11-14-26(27(25)28)23-9-8-21-18-24(29-15-4-2)12-10-20(21)17-23/h11,14,19-21,23-24H,3-10,12-13,15-18H2,1-2H3. The summed E-state index contributed by atoms with van der Waals surface area (Å²) in [7, 11) is 0. The zero-order chi connectivity index (χ0) is 20.2. The average molecular weight is 401 g/mol. The van der Waals surface area contributed by atoms with Gasteiger partial charge in [0.1, 0.15) is 5.82 Å². The number of hydrogen-bond donors (Lipinski definition) is 0. The lowest BCUT2D eigenvalue weighted by Crippen LogP contribution is -2.34. The van der Waals surface area contributed by atoms with E-state index in [1.807, 2.05) is 0 Å². The lowest BCUT2D eigenvalue weighted by Gasteiger charge is -2.42. The van der Waals surface area contributed by atoms with Gasteiger partial charge >= 0.3 is 0 Å². The van der Waals surface area contributed by atoms with Gasteiger partial charge in [-0.05, 0) is 105 Å². The molecule has 0 heterocycles. The van der Waals surface area contributed by atoms with Crippen molar-refractivity contribution in [3.05, 3.63) is 34.6 Å². The third-order valence-electron chi connectivity index (χ3n) is 8.21. The molecular weight excluding hydrogens is 359 g/mol. The lowest BCUT2D eigenvalue weighted by atomic mass is 9.65. The van der Waals surface area contributed by atoms with Crippen LogP contribution in [0.1, 0.15) is 107 Å². The number of hydrogen-bond acceptors (Lipinski definition) is 1. The van der Waals surface area contributed by atoms with Gasteiger partial charge in [0, 0.05) is 6.61 Å². The largest absolute Gasteiger partial charge is 0.378 e. The second-order valence-corrected chi connectivity index (χ2v) is 10.2. The molecule has 3 aliphatic rings. The highest BCUT2D eigenvalue weighted by Crippen LogP contribution is 2.47. The van der Waals surface area contributed by atoms with E-state index in [1.165, 1.54) is 63.4 Å². The fourth-order valence-corrected chi connectivity index (χ4v) is 6.52. The van der Waals surface area contributed by atoms with Crippen LogP contribution in [0, 0.1) is 23.6 Å². The first-order valence-corrected chi connectivity index (χ1v) is 12.6. The van der Waals surface area contributed by atoms with Gasteiger partial charge in [-0.3, -0.25) is 0 Å². The van der Waals surface area contributed by atoms with E-state index in [-0.39, 0.29) is 5.82 Å². The van der Waals surface area contributed by atoms with Gasteiger partial charge in [-0.2, -0.15) is 0 Å². The molecule has 0 saturated heterocycles. The maximum Gasteiger partial charge on any atom is 0.130 e. The highest BCUT2D eigenvalue weighted by atomic mass is 19.1. The second kappa shape index (κ2) is 9.94. The molecule has 29 heavy (non-hydrogen) atoms. The molecule has 0 spiro atoms. The van der Waals surface area contributed by atoms with Crippen LogP contribution < -0.4 is 0 Å². The molecule has 2 fully saturated rings. The molecule has 1 aromatic rings. The molecule has 5 atom stereocenters. The third-order valence-corrected chi connectivity index (χ3v) is 8.21. The molecule has 5 unspecified atom stereocenters. The molecule has 3 aliphatic carbocycles. The third kappa shape index (κ3) is 4.89. The summed E-state index contributed by atoms with van der Waals surface area (Å²) in [4.78, 5) is 0. The maximum atomic E-state index is 15.5. The molecule has 1 nitrogen and oxygen atoms in total. The van der Waals surface area contributed by atoms with Crippen LogP contribution in [0.3, 0.4) is 0 Å². The van der Waals surface area contributed by atoms with E-state index in [0.29, 0.717) is 12.0 Å². The summed E-state index contributed by atoms with van der Waals surface area (Å²) in [5, 5.41) is 0. The van der Waals surface area contributed by atoms with Crippen LogP contribution in [-0.4, -0.2) is 12.7 Å². The van der Waals surface area contributed by atoms with Crippen molar-refractivity contribution >= 4 is 0 Å². The molecule has 162 valence electrons. The number of fused-ring (bicyclic) bond motifs is 2. The molecule has 0 N–H and O–H groups in total. The zero-order valence-corrected chi connectivity index (χ0v) is 18.7. The molecule has 0 aromatic heterocycles. The van der Waals surface area contributed by atoms with E-state index in [9.17, 15) is 0 Å². The Morgan fingerprint density at radius 1 is 0.966 bits per heavy atom. The van der Waals surface area contributed by atoms with Crippen molar-refractivity contribution in [1.82, 2.24) is 0 Å². The summed E-state index contributed by atoms with van der Waals surface area (Å²) < 4.78 is 21.6. The summed E-state index contributed by atoms with van der Waals surface area (Å²) in [6, 6.07) is 4.45. The fraction of sp³-hybridized carbons (Fsp3) is 0.778. The summed E-state index contributed by atoms with van der Waals surface area (Å²) in [5.41, 5.74) is 3.41. The lowest BCUT2D eigenvalue weighted by molar-refractivity contribution is -0.0148. The highest BCUT2D eigenvalue weighted by molar-refractivity contribution is 5.38. The Kier molecular flexibility index (Phi) is 7.32. The van der Waals surface area contributed by atoms with Crippen LogP contribution in [0.15, 0.2) is 12.1 Å². The zero-order valence-electron chi connectivity index (χ0n) is 18.7. The van der Waals surface area contributed by atoms with Crippen LogP contribution in [-0.2, 0) is 17.6 Å². The highest BCUT2D eigenvalue weighted by Gasteiger charge is 2.37. The Hall–Kier alpha value is -0.890. The Labute approximate surface area is 177 Å². The molecule has 0 aliphatic heterocycles. The molecule has 0 amide bonds. The molecule has 2 saturated carbocycles. The normalized spacial score (nSPS) is 31.9. The van der Waals surface area contributed by atoms with Crippen molar-refractivity contribution < 1.29 is 9.13 Å². The van der Waals surface area contributed by atoms with Crippen LogP contribution in [0.25, 0.3) is 0 Å². The van der Waals surface area contributed by atoms with E-state index in [4.69, 9.17) is 4.74 Å². The monoisotopic (exact) mass is 400 g/mol. The van der Waals surface area contributed by atoms with E-state index in [1.54, 1.807) is 0 Å². The molecule has 2 heteroatoms. The molecule has 0 bridgehead atoms. The van der Waals surface area contributed by atoms with Gasteiger partial charge in [0.15, 0.2) is 0 Å². The Balaban J connectivity index is 1.39. The van der Waals surface area contributed by atoms with Gasteiger partial charge in [0.05, 0.1) is 6.10 Å². The Bertz CT molecular complexity index is 669. The first kappa shape index (κ1) is 21.3. The summed E-state index contributed by atoms with van der Waals surface area (Å²) in [5.74, 6) is 2.96. The Morgan fingerprint density at radius 3 is 2.62 bits per heavy atom. The van der Waals surface area contributed by atoms with Crippen molar-refractivity contribution in [2.75, 3.05) is 6.61 Å². The number of halogens is 1. The summed E-state index contributed by atoms with van der Waals surface area (Å²) >= 11 is 0. The Morgan fingerprint density at radius 2 is 1.79 bits per heavy atom. The minimum atomic E-state index is 0.167. The molecule has 0 radical (unpaired) electrons. The van der Waals surface area contributed by atoms with E-state index in [2.05, 4.69) is 26.0 Å². The van der Waals surface area contributed by atoms with Crippen LogP contribution in [0.2, 0.25) is 0 Å². The number of ether oxygens (including phenoxy) is 1. The number of unbranched alkanes of at least 4 members (excludes halogenated alkanes) is 1. The average Bonchev–Trinajstić information content (AvgIpc) is 2.76. The summed E-state index contributed by atoms with van der Waals surface area (Å²) in [6.45, 7) is 5.36. The summed E-state index contributed by atoms with van der Waals surface area (Å²) in [6.07, 6.45) is 16.1. The predicted molar refractivity (Wildman–Crippen MR) is 119 cm³/mol.